The number of para-hydroxylation sites is 1. The molecule has 4 aromatic rings. The SMILES string of the molecule is CC(=O)c1ccc(-c2nc3c(C(N)=O)cccc3[nH]2)cc1.CC(=O)c1ccc(C(=O)O)cc1. The molecule has 0 unspecified atom stereocenters. The third-order valence-electron chi connectivity index (χ3n) is 4.88. The number of carboxylic acids is 1. The van der Waals surface area contributed by atoms with Gasteiger partial charge in [-0.05, 0) is 38.1 Å². The minimum atomic E-state index is -0.981. The van der Waals surface area contributed by atoms with Gasteiger partial charge in [0, 0.05) is 16.7 Å². The molecule has 0 bridgehead atoms. The van der Waals surface area contributed by atoms with Crippen LogP contribution in [0.5, 0.6) is 0 Å². The van der Waals surface area contributed by atoms with Crippen molar-refractivity contribution in [3.8, 4) is 11.4 Å². The molecule has 0 atom stereocenters. The van der Waals surface area contributed by atoms with E-state index >= 15 is 0 Å². The summed E-state index contributed by atoms with van der Waals surface area (Å²) < 4.78 is 0. The highest BCUT2D eigenvalue weighted by Crippen LogP contribution is 2.23. The van der Waals surface area contributed by atoms with Crippen molar-refractivity contribution in [3.63, 3.8) is 0 Å². The zero-order chi connectivity index (χ0) is 24.1. The summed E-state index contributed by atoms with van der Waals surface area (Å²) in [5, 5.41) is 8.53. The first-order chi connectivity index (χ1) is 15.7. The molecule has 0 radical (unpaired) electrons. The fraction of sp³-hybridized carbons (Fsp3) is 0.0800. The van der Waals surface area contributed by atoms with Crippen LogP contribution in [0.4, 0.5) is 0 Å². The zero-order valence-electron chi connectivity index (χ0n) is 18.0. The second kappa shape index (κ2) is 9.69. The molecule has 4 N–H and O–H groups in total. The summed E-state index contributed by atoms with van der Waals surface area (Å²) in [6.45, 7) is 2.96. The number of Topliss-reactive ketones (excluding diaryl/α,β-unsaturated/α-hetero) is 2. The van der Waals surface area contributed by atoms with Gasteiger partial charge in [0.1, 0.15) is 11.3 Å². The Kier molecular flexibility index (Phi) is 6.78. The molecule has 0 spiro atoms. The van der Waals surface area contributed by atoms with Gasteiger partial charge >= 0.3 is 5.97 Å². The van der Waals surface area contributed by atoms with Crippen LogP contribution in [0.1, 0.15) is 55.3 Å². The molecular weight excluding hydrogens is 422 g/mol. The number of nitrogens with two attached hydrogens (primary N) is 1. The van der Waals surface area contributed by atoms with E-state index in [1.165, 1.54) is 38.1 Å². The molecule has 0 aliphatic carbocycles. The summed E-state index contributed by atoms with van der Waals surface area (Å²) in [6, 6.07) is 18.2. The Balaban J connectivity index is 0.000000218. The van der Waals surface area contributed by atoms with Crippen molar-refractivity contribution in [1.82, 2.24) is 9.97 Å². The maximum absolute atomic E-state index is 11.4. The first-order valence-corrected chi connectivity index (χ1v) is 9.91. The smallest absolute Gasteiger partial charge is 0.335 e. The van der Waals surface area contributed by atoms with E-state index in [1.807, 2.05) is 18.2 Å². The molecule has 1 aromatic heterocycles. The van der Waals surface area contributed by atoms with Crippen molar-refractivity contribution in [2.24, 2.45) is 5.73 Å². The van der Waals surface area contributed by atoms with Crippen LogP contribution < -0.4 is 5.73 Å². The number of benzene rings is 3. The Morgan fingerprint density at radius 3 is 1.79 bits per heavy atom. The third-order valence-corrected chi connectivity index (χ3v) is 4.88. The lowest BCUT2D eigenvalue weighted by Crippen LogP contribution is -2.11. The number of aromatic carboxylic acids is 1. The number of hydrogen-bond acceptors (Lipinski definition) is 5. The standard InChI is InChI=1S/C16H13N3O2.C9H8O3/c1-9(20)10-5-7-11(8-6-10)16-18-13-4-2-3-12(15(17)21)14(13)19-16;1-6(10)7-2-4-8(5-3-7)9(11)12/h2-8H,1H3,(H2,17,21)(H,18,19);2-5H,1H3,(H,11,12). The minimum Gasteiger partial charge on any atom is -0.478 e. The van der Waals surface area contributed by atoms with Gasteiger partial charge in [-0.3, -0.25) is 14.4 Å². The van der Waals surface area contributed by atoms with Crippen LogP contribution in [0.25, 0.3) is 22.4 Å². The van der Waals surface area contributed by atoms with E-state index in [1.54, 1.807) is 24.3 Å². The van der Waals surface area contributed by atoms with E-state index in [-0.39, 0.29) is 17.1 Å². The summed E-state index contributed by atoms with van der Waals surface area (Å²) in [7, 11) is 0. The molecule has 0 saturated carbocycles. The first-order valence-electron chi connectivity index (χ1n) is 9.91. The predicted octanol–water partition coefficient (Wildman–Crippen LogP) is 4.12. The van der Waals surface area contributed by atoms with Crippen LogP contribution in [0.15, 0.2) is 66.7 Å². The second-order valence-corrected chi connectivity index (χ2v) is 7.22. The maximum Gasteiger partial charge on any atom is 0.335 e. The van der Waals surface area contributed by atoms with Crippen molar-refractivity contribution >= 4 is 34.5 Å². The van der Waals surface area contributed by atoms with E-state index in [9.17, 15) is 19.2 Å². The molecule has 0 aliphatic rings. The van der Waals surface area contributed by atoms with Crippen LogP contribution in [-0.4, -0.2) is 38.5 Å². The quantitative estimate of drug-likeness (QED) is 0.396. The number of ketones is 2. The molecule has 0 saturated heterocycles. The number of hydrogen-bond donors (Lipinski definition) is 3. The molecular formula is C25H21N3O5. The lowest BCUT2D eigenvalue weighted by atomic mass is 10.1. The van der Waals surface area contributed by atoms with Crippen LogP contribution in [0, 0.1) is 0 Å². The van der Waals surface area contributed by atoms with Crippen LogP contribution in [0.3, 0.4) is 0 Å². The summed E-state index contributed by atoms with van der Waals surface area (Å²) in [5.41, 5.74) is 9.24. The zero-order valence-corrected chi connectivity index (χ0v) is 18.0. The Morgan fingerprint density at radius 2 is 1.30 bits per heavy atom. The Labute approximate surface area is 189 Å². The van der Waals surface area contributed by atoms with Crippen LogP contribution >= 0.6 is 0 Å². The average molecular weight is 443 g/mol. The topological polar surface area (TPSA) is 143 Å². The number of aromatic amines is 1. The van der Waals surface area contributed by atoms with E-state index in [4.69, 9.17) is 10.8 Å². The van der Waals surface area contributed by atoms with Crippen molar-refractivity contribution in [2.75, 3.05) is 0 Å². The number of nitrogens with zero attached hydrogens (tertiary/aromatic N) is 1. The van der Waals surface area contributed by atoms with Gasteiger partial charge in [0.25, 0.3) is 5.91 Å². The predicted molar refractivity (Wildman–Crippen MR) is 123 cm³/mol. The first kappa shape index (κ1) is 23.1. The number of primary amides is 1. The minimum absolute atomic E-state index is 0.0159. The van der Waals surface area contributed by atoms with Gasteiger partial charge in [-0.1, -0.05) is 42.5 Å². The maximum atomic E-state index is 11.4. The summed E-state index contributed by atoms with van der Waals surface area (Å²) in [5.74, 6) is -0.904. The van der Waals surface area contributed by atoms with Crippen molar-refractivity contribution < 1.29 is 24.3 Å². The largest absolute Gasteiger partial charge is 0.478 e. The van der Waals surface area contributed by atoms with Crippen LogP contribution in [-0.2, 0) is 0 Å². The normalized spacial score (nSPS) is 10.2. The van der Waals surface area contributed by atoms with Gasteiger partial charge in [0.05, 0.1) is 16.6 Å². The number of carbonyl (C=O) groups excluding carboxylic acids is 3. The monoisotopic (exact) mass is 443 g/mol. The van der Waals surface area contributed by atoms with Gasteiger partial charge in [-0.15, -0.1) is 0 Å². The number of amides is 1. The Morgan fingerprint density at radius 1 is 0.788 bits per heavy atom. The molecule has 3 aromatic carbocycles. The van der Waals surface area contributed by atoms with Crippen LogP contribution in [0.2, 0.25) is 0 Å². The van der Waals surface area contributed by atoms with Gasteiger partial charge in [0.15, 0.2) is 11.6 Å². The number of rotatable bonds is 5. The van der Waals surface area contributed by atoms with Crippen molar-refractivity contribution in [1.29, 1.82) is 0 Å². The fourth-order valence-electron chi connectivity index (χ4n) is 3.08. The number of carboxylic acid groups (broad SMARTS) is 1. The number of H-pyrrole nitrogens is 1. The fourth-order valence-corrected chi connectivity index (χ4v) is 3.08. The lowest BCUT2D eigenvalue weighted by molar-refractivity contribution is 0.0696. The number of fused-ring (bicyclic) bond motifs is 1. The molecule has 8 heteroatoms. The van der Waals surface area contributed by atoms with E-state index in [0.717, 1.165) is 11.1 Å². The highest BCUT2D eigenvalue weighted by molar-refractivity contribution is 6.04. The molecule has 4 rings (SSSR count). The molecule has 1 amide bonds. The van der Waals surface area contributed by atoms with Crippen molar-refractivity contribution in [2.45, 2.75) is 13.8 Å². The molecule has 0 fully saturated rings. The average Bonchev–Trinajstić information content (AvgIpc) is 3.24. The molecule has 1 heterocycles. The van der Waals surface area contributed by atoms with Crippen molar-refractivity contribution in [3.05, 3.63) is 89.0 Å². The van der Waals surface area contributed by atoms with Gasteiger partial charge in [-0.25, -0.2) is 9.78 Å². The Bertz CT molecular complexity index is 1320. The van der Waals surface area contributed by atoms with Gasteiger partial charge in [-0.2, -0.15) is 0 Å². The number of carbonyl (C=O) groups is 4. The van der Waals surface area contributed by atoms with E-state index in [0.29, 0.717) is 28.0 Å². The molecule has 33 heavy (non-hydrogen) atoms. The summed E-state index contributed by atoms with van der Waals surface area (Å²) in [6.07, 6.45) is 0. The highest BCUT2D eigenvalue weighted by atomic mass is 16.4. The number of nitrogens with one attached hydrogen (secondary N) is 1. The van der Waals surface area contributed by atoms with Gasteiger partial charge < -0.3 is 15.8 Å². The molecule has 8 nitrogen and oxygen atoms in total. The van der Waals surface area contributed by atoms with Gasteiger partial charge in [0.2, 0.25) is 0 Å². The molecule has 0 aliphatic heterocycles. The number of aromatic nitrogens is 2. The summed E-state index contributed by atoms with van der Waals surface area (Å²) >= 11 is 0. The summed E-state index contributed by atoms with van der Waals surface area (Å²) in [4.78, 5) is 51.5. The Hall–Kier alpha value is -4.59. The molecule has 166 valence electrons. The highest BCUT2D eigenvalue weighted by Gasteiger charge is 2.12. The second-order valence-electron chi connectivity index (χ2n) is 7.22. The third kappa shape index (κ3) is 5.37. The lowest BCUT2D eigenvalue weighted by Gasteiger charge is -1.98. The van der Waals surface area contributed by atoms with E-state index in [2.05, 4.69) is 9.97 Å². The van der Waals surface area contributed by atoms with E-state index < -0.39 is 11.9 Å². The number of imidazole rings is 1.